The van der Waals surface area contributed by atoms with E-state index in [1.165, 1.54) is 0 Å². The van der Waals surface area contributed by atoms with Crippen LogP contribution in [0.1, 0.15) is 18.4 Å². The molecule has 0 spiro atoms. The summed E-state index contributed by atoms with van der Waals surface area (Å²) in [7, 11) is 0. The molecule has 1 aromatic rings. The number of halogens is 2. The van der Waals surface area contributed by atoms with Crippen molar-refractivity contribution in [3.05, 3.63) is 33.8 Å². The van der Waals surface area contributed by atoms with Crippen molar-refractivity contribution in [2.45, 2.75) is 19.3 Å². The molecule has 96 valence electrons. The van der Waals surface area contributed by atoms with Gasteiger partial charge in [-0.15, -0.1) is 0 Å². The van der Waals surface area contributed by atoms with Gasteiger partial charge in [-0.2, -0.15) is 0 Å². The number of hydrogen-bond acceptors (Lipinski definition) is 2. The van der Waals surface area contributed by atoms with E-state index < -0.39 is 0 Å². The molecular weight excluding hydrogens is 273 g/mol. The summed E-state index contributed by atoms with van der Waals surface area (Å²) >= 11 is 11.7. The second-order valence-corrected chi connectivity index (χ2v) is 5.20. The van der Waals surface area contributed by atoms with Crippen LogP contribution in [0.15, 0.2) is 18.2 Å². The van der Waals surface area contributed by atoms with Gasteiger partial charge in [-0.3, -0.25) is 9.59 Å². The van der Waals surface area contributed by atoms with Crippen LogP contribution in [-0.2, 0) is 16.0 Å². The van der Waals surface area contributed by atoms with Crippen molar-refractivity contribution in [2.24, 2.45) is 0 Å². The van der Waals surface area contributed by atoms with Crippen LogP contribution in [0.25, 0.3) is 0 Å². The summed E-state index contributed by atoms with van der Waals surface area (Å²) in [6.07, 6.45) is 1.59. The summed E-state index contributed by atoms with van der Waals surface area (Å²) in [5, 5.41) is 0.915. The Morgan fingerprint density at radius 2 is 2.06 bits per heavy atom. The molecule has 1 heterocycles. The molecule has 0 bridgehead atoms. The average molecular weight is 286 g/mol. The Morgan fingerprint density at radius 1 is 1.28 bits per heavy atom. The summed E-state index contributed by atoms with van der Waals surface area (Å²) in [5.41, 5.74) is 0.812. The number of hydrogen-bond donors (Lipinski definition) is 0. The number of benzene rings is 1. The van der Waals surface area contributed by atoms with Crippen molar-refractivity contribution in [2.75, 3.05) is 13.1 Å². The maximum atomic E-state index is 12.0. The van der Waals surface area contributed by atoms with E-state index in [1.807, 2.05) is 0 Å². The van der Waals surface area contributed by atoms with Crippen molar-refractivity contribution in [3.8, 4) is 0 Å². The Balaban J connectivity index is 2.02. The average Bonchev–Trinajstić information content (AvgIpc) is 2.34. The van der Waals surface area contributed by atoms with Gasteiger partial charge in [0.1, 0.15) is 0 Å². The van der Waals surface area contributed by atoms with E-state index in [4.69, 9.17) is 23.2 Å². The summed E-state index contributed by atoms with van der Waals surface area (Å²) in [4.78, 5) is 24.9. The fraction of sp³-hybridized carbons (Fsp3) is 0.385. The fourth-order valence-electron chi connectivity index (χ4n) is 1.99. The molecule has 18 heavy (non-hydrogen) atoms. The molecule has 0 radical (unpaired) electrons. The Labute approximate surface area is 116 Å². The molecule has 0 atom stereocenters. The quantitative estimate of drug-likeness (QED) is 0.838. The normalized spacial score (nSPS) is 15.9. The lowest BCUT2D eigenvalue weighted by Gasteiger charge is -2.25. The van der Waals surface area contributed by atoms with Gasteiger partial charge in [-0.25, -0.2) is 0 Å². The highest BCUT2D eigenvalue weighted by atomic mass is 35.5. The molecule has 1 fully saturated rings. The van der Waals surface area contributed by atoms with E-state index in [1.54, 1.807) is 23.1 Å². The highest BCUT2D eigenvalue weighted by Crippen LogP contribution is 2.23. The Kier molecular flexibility index (Phi) is 4.25. The van der Waals surface area contributed by atoms with E-state index in [2.05, 4.69) is 0 Å². The summed E-state index contributed by atoms with van der Waals surface area (Å²) in [5.74, 6) is 0.0881. The van der Waals surface area contributed by atoms with Crippen molar-refractivity contribution >= 4 is 34.9 Å². The van der Waals surface area contributed by atoms with Gasteiger partial charge in [0, 0.05) is 13.0 Å². The maximum absolute atomic E-state index is 12.0. The smallest absolute Gasteiger partial charge is 0.227 e. The van der Waals surface area contributed by atoms with Crippen LogP contribution in [0.4, 0.5) is 0 Å². The first-order valence-corrected chi connectivity index (χ1v) is 6.55. The van der Waals surface area contributed by atoms with Crippen molar-refractivity contribution in [1.82, 2.24) is 4.90 Å². The molecule has 1 aliphatic rings. The van der Waals surface area contributed by atoms with Crippen LogP contribution in [0, 0.1) is 0 Å². The lowest BCUT2D eigenvalue weighted by atomic mass is 10.1. The summed E-state index contributed by atoms with van der Waals surface area (Å²) in [6, 6.07) is 5.14. The molecule has 1 saturated heterocycles. The first-order valence-electron chi connectivity index (χ1n) is 5.79. The Morgan fingerprint density at radius 3 is 2.72 bits per heavy atom. The molecular formula is C13H13Cl2NO2. The maximum Gasteiger partial charge on any atom is 0.227 e. The third-order valence-corrected chi connectivity index (χ3v) is 3.68. The molecule has 3 nitrogen and oxygen atoms in total. The predicted molar refractivity (Wildman–Crippen MR) is 71.0 cm³/mol. The van der Waals surface area contributed by atoms with E-state index in [0.29, 0.717) is 23.0 Å². The highest BCUT2D eigenvalue weighted by molar-refractivity contribution is 6.42. The van der Waals surface area contributed by atoms with Crippen LogP contribution in [0.2, 0.25) is 10.0 Å². The van der Waals surface area contributed by atoms with Gasteiger partial charge < -0.3 is 4.90 Å². The van der Waals surface area contributed by atoms with E-state index >= 15 is 0 Å². The van der Waals surface area contributed by atoms with Gasteiger partial charge in [-0.05, 0) is 24.1 Å². The van der Waals surface area contributed by atoms with Gasteiger partial charge in [0.25, 0.3) is 0 Å². The number of nitrogens with zero attached hydrogens (tertiary/aromatic N) is 1. The van der Waals surface area contributed by atoms with E-state index in [-0.39, 0.29) is 24.7 Å². The number of likely N-dealkylation sites (tertiary alicyclic amines) is 1. The number of piperidine rings is 1. The number of carbonyl (C=O) groups excluding carboxylic acids is 2. The molecule has 1 aromatic carbocycles. The van der Waals surface area contributed by atoms with Gasteiger partial charge in [0.15, 0.2) is 5.78 Å². The highest BCUT2D eigenvalue weighted by Gasteiger charge is 2.21. The Hall–Kier alpha value is -1.06. The zero-order valence-corrected chi connectivity index (χ0v) is 11.3. The number of carbonyl (C=O) groups is 2. The Bertz CT molecular complexity index is 488. The molecule has 0 N–H and O–H groups in total. The minimum Gasteiger partial charge on any atom is -0.335 e. The van der Waals surface area contributed by atoms with Crippen LogP contribution < -0.4 is 0 Å². The second-order valence-electron chi connectivity index (χ2n) is 4.38. The lowest BCUT2D eigenvalue weighted by Crippen LogP contribution is -2.40. The molecule has 0 aliphatic carbocycles. The number of Topliss-reactive ketones (excluding diaryl/α,β-unsaturated/α-hetero) is 1. The van der Waals surface area contributed by atoms with Crippen LogP contribution in [0.3, 0.4) is 0 Å². The third kappa shape index (κ3) is 3.24. The first kappa shape index (κ1) is 13.4. The lowest BCUT2D eigenvalue weighted by molar-refractivity contribution is -0.137. The van der Waals surface area contributed by atoms with Gasteiger partial charge in [-0.1, -0.05) is 29.3 Å². The minimum absolute atomic E-state index is 0.0403. The minimum atomic E-state index is -0.0403. The van der Waals surface area contributed by atoms with Crippen LogP contribution in [-0.4, -0.2) is 29.7 Å². The first-order chi connectivity index (χ1) is 8.56. The number of rotatable bonds is 2. The molecule has 0 saturated carbocycles. The van der Waals surface area contributed by atoms with E-state index in [9.17, 15) is 9.59 Å². The molecule has 0 aromatic heterocycles. The zero-order chi connectivity index (χ0) is 13.1. The summed E-state index contributed by atoms with van der Waals surface area (Å²) in [6.45, 7) is 0.895. The fourth-order valence-corrected chi connectivity index (χ4v) is 2.31. The van der Waals surface area contributed by atoms with Crippen molar-refractivity contribution < 1.29 is 9.59 Å². The number of ketones is 1. The largest absolute Gasteiger partial charge is 0.335 e. The van der Waals surface area contributed by atoms with Crippen LogP contribution >= 0.6 is 23.2 Å². The third-order valence-electron chi connectivity index (χ3n) is 2.94. The second kappa shape index (κ2) is 5.72. The SMILES string of the molecule is O=C1CCCN(C(=O)Cc2ccc(Cl)c(Cl)c2)C1. The monoisotopic (exact) mass is 285 g/mol. The molecule has 2 rings (SSSR count). The summed E-state index contributed by atoms with van der Waals surface area (Å²) < 4.78 is 0. The zero-order valence-electron chi connectivity index (χ0n) is 9.79. The molecule has 1 aliphatic heterocycles. The van der Waals surface area contributed by atoms with Crippen molar-refractivity contribution in [1.29, 1.82) is 0 Å². The predicted octanol–water partition coefficient (Wildman–Crippen LogP) is 2.73. The molecule has 5 heteroatoms. The van der Waals surface area contributed by atoms with Gasteiger partial charge in [0.2, 0.25) is 5.91 Å². The van der Waals surface area contributed by atoms with Gasteiger partial charge >= 0.3 is 0 Å². The molecule has 0 unspecified atom stereocenters. The number of amides is 1. The standard InChI is InChI=1S/C13H13Cl2NO2/c14-11-4-3-9(6-12(11)15)7-13(18)16-5-1-2-10(17)8-16/h3-4,6H,1-2,5,7-8H2. The van der Waals surface area contributed by atoms with Crippen molar-refractivity contribution in [3.63, 3.8) is 0 Å². The van der Waals surface area contributed by atoms with E-state index in [0.717, 1.165) is 12.0 Å². The topological polar surface area (TPSA) is 37.4 Å². The van der Waals surface area contributed by atoms with Gasteiger partial charge in [0.05, 0.1) is 23.0 Å². The molecule has 1 amide bonds. The van der Waals surface area contributed by atoms with Crippen LogP contribution in [0.5, 0.6) is 0 Å².